The Labute approximate surface area is 230 Å². The number of thiophene rings is 1. The normalized spacial score (nSPS) is 32.4. The number of hydrogen-bond acceptors (Lipinski definition) is 6. The Morgan fingerprint density at radius 1 is 1.00 bits per heavy atom. The van der Waals surface area contributed by atoms with E-state index >= 15 is 0 Å². The number of carboxylic acids is 1. The van der Waals surface area contributed by atoms with Crippen molar-refractivity contribution in [3.63, 3.8) is 0 Å². The van der Waals surface area contributed by atoms with Crippen molar-refractivity contribution in [2.24, 2.45) is 11.8 Å². The van der Waals surface area contributed by atoms with Gasteiger partial charge >= 0.3 is 5.97 Å². The van der Waals surface area contributed by atoms with Gasteiger partial charge in [0.05, 0.1) is 17.9 Å². The minimum atomic E-state index is -0.991. The Balaban J connectivity index is 1.40. The van der Waals surface area contributed by atoms with Gasteiger partial charge in [0.2, 0.25) is 5.91 Å². The molecule has 2 saturated carbocycles. The van der Waals surface area contributed by atoms with Gasteiger partial charge in [0.1, 0.15) is 4.88 Å². The summed E-state index contributed by atoms with van der Waals surface area (Å²) in [5.41, 5.74) is 1.54. The Morgan fingerprint density at radius 3 is 2.42 bits per heavy atom. The van der Waals surface area contributed by atoms with Crippen LogP contribution in [0.1, 0.15) is 111 Å². The Hall–Kier alpha value is -1.74. The predicted octanol–water partition coefficient (Wildman–Crippen LogP) is 6.39. The minimum Gasteiger partial charge on any atom is -0.477 e. The fourth-order valence-electron chi connectivity index (χ4n) is 6.65. The van der Waals surface area contributed by atoms with Crippen LogP contribution in [0.2, 0.25) is 0 Å². The zero-order valence-corrected chi connectivity index (χ0v) is 23.4. The largest absolute Gasteiger partial charge is 0.477 e. The first-order valence-electron chi connectivity index (χ1n) is 14.8. The highest BCUT2D eigenvalue weighted by Gasteiger charge is 2.38. The maximum absolute atomic E-state index is 14.1. The highest BCUT2D eigenvalue weighted by molar-refractivity contribution is 7.15. The van der Waals surface area contributed by atoms with Crippen molar-refractivity contribution < 1.29 is 29.3 Å². The van der Waals surface area contributed by atoms with E-state index < -0.39 is 12.1 Å². The average Bonchev–Trinajstić information content (AvgIpc) is 3.36. The van der Waals surface area contributed by atoms with E-state index in [4.69, 9.17) is 9.47 Å². The van der Waals surface area contributed by atoms with Gasteiger partial charge in [0.15, 0.2) is 6.29 Å². The first-order chi connectivity index (χ1) is 18.4. The zero-order chi connectivity index (χ0) is 26.6. The summed E-state index contributed by atoms with van der Waals surface area (Å²) >= 11 is 1.24. The van der Waals surface area contributed by atoms with Crippen LogP contribution in [-0.2, 0) is 14.3 Å². The van der Waals surface area contributed by atoms with Gasteiger partial charge in [-0.05, 0) is 107 Å². The first-order valence-corrected chi connectivity index (χ1v) is 15.6. The lowest BCUT2D eigenvalue weighted by molar-refractivity contribution is -0.193. The summed E-state index contributed by atoms with van der Waals surface area (Å²) < 4.78 is 12.0. The van der Waals surface area contributed by atoms with Crippen LogP contribution in [0.15, 0.2) is 12.1 Å². The highest BCUT2D eigenvalue weighted by Crippen LogP contribution is 2.42. The number of carbonyl (C=O) groups is 2. The number of ether oxygens (including phenoxy) is 2. The van der Waals surface area contributed by atoms with Crippen LogP contribution in [0.4, 0.5) is 5.69 Å². The van der Waals surface area contributed by atoms with Gasteiger partial charge in [-0.15, -0.1) is 11.3 Å². The molecule has 4 aliphatic rings. The second kappa shape index (κ2) is 12.6. The number of carboxylic acid groups (broad SMARTS) is 1. The van der Waals surface area contributed by atoms with Gasteiger partial charge in [0, 0.05) is 23.4 Å². The quantitative estimate of drug-likeness (QED) is 0.412. The molecule has 5 rings (SSSR count). The van der Waals surface area contributed by atoms with Gasteiger partial charge in [-0.25, -0.2) is 4.79 Å². The molecule has 1 saturated heterocycles. The molecule has 3 fully saturated rings. The molecule has 8 heteroatoms. The summed E-state index contributed by atoms with van der Waals surface area (Å²) in [5, 5.41) is 20.4. The second-order valence-electron chi connectivity index (χ2n) is 11.8. The SMILES string of the molecule is CC1CCC(C(=O)N(c2cc(C3=C[C@@H](O)CCC3)sc2C(=O)O)C2CCC(OC3CCCCO3)CC2)CC1. The summed E-state index contributed by atoms with van der Waals surface area (Å²) in [6, 6.07) is 1.88. The fourth-order valence-corrected chi connectivity index (χ4v) is 7.69. The van der Waals surface area contributed by atoms with Crippen LogP contribution in [0.3, 0.4) is 0 Å². The van der Waals surface area contributed by atoms with E-state index in [1.807, 2.05) is 17.0 Å². The molecular formula is C30H43NO6S. The Morgan fingerprint density at radius 2 is 1.76 bits per heavy atom. The number of rotatable bonds is 7. The van der Waals surface area contributed by atoms with Crippen LogP contribution >= 0.6 is 11.3 Å². The topological polar surface area (TPSA) is 96.3 Å². The van der Waals surface area contributed by atoms with Crippen LogP contribution in [0, 0.1) is 11.8 Å². The number of allylic oxidation sites excluding steroid dienone is 1. The molecule has 2 atom stereocenters. The van der Waals surface area contributed by atoms with E-state index in [0.717, 1.165) is 107 Å². The molecule has 1 aromatic heterocycles. The van der Waals surface area contributed by atoms with Gasteiger partial charge in [-0.3, -0.25) is 4.79 Å². The van der Waals surface area contributed by atoms with Crippen LogP contribution < -0.4 is 4.90 Å². The smallest absolute Gasteiger partial charge is 0.348 e. The molecule has 1 amide bonds. The maximum Gasteiger partial charge on any atom is 0.348 e. The molecular weight excluding hydrogens is 502 g/mol. The molecule has 1 aliphatic heterocycles. The van der Waals surface area contributed by atoms with Crippen molar-refractivity contribution in [1.82, 2.24) is 0 Å². The lowest BCUT2D eigenvalue weighted by Crippen LogP contribution is -2.47. The van der Waals surface area contributed by atoms with Crippen molar-refractivity contribution in [3.8, 4) is 0 Å². The summed E-state index contributed by atoms with van der Waals surface area (Å²) in [7, 11) is 0. The molecule has 210 valence electrons. The maximum atomic E-state index is 14.1. The number of carbonyl (C=O) groups excluding carboxylic acids is 1. The molecule has 0 bridgehead atoms. The molecule has 2 N–H and O–H groups in total. The van der Waals surface area contributed by atoms with Crippen molar-refractivity contribution in [3.05, 3.63) is 21.9 Å². The number of nitrogens with zero attached hydrogens (tertiary/aromatic N) is 1. The third-order valence-electron chi connectivity index (χ3n) is 8.92. The second-order valence-corrected chi connectivity index (χ2v) is 12.9. The summed E-state index contributed by atoms with van der Waals surface area (Å²) in [6.45, 7) is 3.00. The average molecular weight is 546 g/mol. The van der Waals surface area contributed by atoms with Crippen molar-refractivity contribution in [1.29, 1.82) is 0 Å². The minimum absolute atomic E-state index is 0.0413. The number of aromatic carboxylic acids is 1. The third-order valence-corrected chi connectivity index (χ3v) is 10.1. The van der Waals surface area contributed by atoms with E-state index in [2.05, 4.69) is 6.92 Å². The van der Waals surface area contributed by atoms with E-state index in [-0.39, 0.29) is 35.1 Å². The van der Waals surface area contributed by atoms with E-state index in [1.54, 1.807) is 0 Å². The van der Waals surface area contributed by atoms with Gasteiger partial charge in [-0.2, -0.15) is 0 Å². The third kappa shape index (κ3) is 6.52. The van der Waals surface area contributed by atoms with E-state index in [0.29, 0.717) is 11.6 Å². The summed E-state index contributed by atoms with van der Waals surface area (Å²) in [6.07, 6.45) is 14.0. The van der Waals surface area contributed by atoms with Crippen LogP contribution in [0.5, 0.6) is 0 Å². The van der Waals surface area contributed by atoms with E-state index in [1.165, 1.54) is 11.3 Å². The number of amides is 1. The van der Waals surface area contributed by atoms with Crippen molar-refractivity contribution in [2.45, 2.75) is 121 Å². The molecule has 1 aromatic rings. The number of hydrogen-bond donors (Lipinski definition) is 2. The standard InChI is InChI=1S/C30H43NO6S/c1-19-8-10-20(11-9-19)29(33)31(22-12-14-24(15-13-22)37-27-7-2-3-16-36-27)25-18-26(38-28(25)30(34)35)21-5-4-6-23(32)17-21/h17-20,22-24,27,32H,2-16H2,1H3,(H,34,35)/t19?,20?,22?,23-,24?,27?/m0/s1. The van der Waals surface area contributed by atoms with Crippen molar-refractivity contribution >= 4 is 34.5 Å². The molecule has 0 radical (unpaired) electrons. The number of aliphatic hydroxyl groups excluding tert-OH is 1. The predicted molar refractivity (Wildman–Crippen MR) is 148 cm³/mol. The molecule has 1 unspecified atom stereocenters. The van der Waals surface area contributed by atoms with Crippen LogP contribution in [-0.4, -0.2) is 53.2 Å². The Kier molecular flexibility index (Phi) is 9.24. The summed E-state index contributed by atoms with van der Waals surface area (Å²) in [5.74, 6) is -0.332. The lowest BCUT2D eigenvalue weighted by atomic mass is 9.81. The van der Waals surface area contributed by atoms with Gasteiger partial charge in [0.25, 0.3) is 0 Å². The van der Waals surface area contributed by atoms with Gasteiger partial charge < -0.3 is 24.6 Å². The fraction of sp³-hybridized carbons (Fsp3) is 0.733. The molecule has 0 aromatic carbocycles. The van der Waals surface area contributed by atoms with Crippen molar-refractivity contribution in [2.75, 3.05) is 11.5 Å². The molecule has 2 heterocycles. The van der Waals surface area contributed by atoms with E-state index in [9.17, 15) is 19.8 Å². The summed E-state index contributed by atoms with van der Waals surface area (Å²) in [4.78, 5) is 29.6. The first kappa shape index (κ1) is 27.8. The van der Waals surface area contributed by atoms with Gasteiger partial charge in [-0.1, -0.05) is 13.0 Å². The molecule has 7 nitrogen and oxygen atoms in total. The molecule has 3 aliphatic carbocycles. The highest BCUT2D eigenvalue weighted by atomic mass is 32.1. The van der Waals surface area contributed by atoms with Crippen LogP contribution in [0.25, 0.3) is 5.57 Å². The lowest BCUT2D eigenvalue weighted by Gasteiger charge is -2.40. The molecule has 0 spiro atoms. The monoisotopic (exact) mass is 545 g/mol. The molecule has 38 heavy (non-hydrogen) atoms. The number of anilines is 1. The number of aliphatic hydroxyl groups is 1. The Bertz CT molecular complexity index is 998. The zero-order valence-electron chi connectivity index (χ0n) is 22.6.